The van der Waals surface area contributed by atoms with Crippen molar-refractivity contribution in [2.75, 3.05) is 0 Å². The molecule has 0 amide bonds. The first-order chi connectivity index (χ1) is 10.0. The standard InChI is InChI=1S/C17H24N2OS/c1-17(2,3)19-11-16-18-10-13(20-16)15-9-12-7-5-4-6-8-14(12)21-15/h9-10,19H,4-8,11H2,1-3H3. The molecule has 0 unspecified atom stereocenters. The highest BCUT2D eigenvalue weighted by atomic mass is 32.1. The quantitative estimate of drug-likeness (QED) is 0.845. The van der Waals surface area contributed by atoms with E-state index in [-0.39, 0.29) is 5.54 Å². The molecule has 4 heteroatoms. The number of aryl methyl sites for hydroxylation is 2. The number of nitrogens with one attached hydrogen (secondary N) is 1. The molecule has 2 aromatic rings. The molecular weight excluding hydrogens is 280 g/mol. The van der Waals surface area contributed by atoms with E-state index in [0.717, 1.165) is 11.7 Å². The molecule has 0 aromatic carbocycles. The lowest BCUT2D eigenvalue weighted by Crippen LogP contribution is -2.35. The molecule has 2 aromatic heterocycles. The molecule has 0 bridgehead atoms. The van der Waals surface area contributed by atoms with Gasteiger partial charge in [0.05, 0.1) is 17.6 Å². The fourth-order valence-electron chi connectivity index (χ4n) is 2.64. The fraction of sp³-hybridized carbons (Fsp3) is 0.588. The minimum atomic E-state index is 0.0783. The van der Waals surface area contributed by atoms with Crippen molar-refractivity contribution in [1.82, 2.24) is 10.3 Å². The van der Waals surface area contributed by atoms with Gasteiger partial charge in [0.2, 0.25) is 5.89 Å². The minimum absolute atomic E-state index is 0.0783. The van der Waals surface area contributed by atoms with Crippen molar-refractivity contribution in [3.8, 4) is 10.6 Å². The zero-order valence-electron chi connectivity index (χ0n) is 13.2. The second-order valence-electron chi connectivity index (χ2n) is 6.84. The summed E-state index contributed by atoms with van der Waals surface area (Å²) in [5, 5.41) is 3.41. The summed E-state index contributed by atoms with van der Waals surface area (Å²) in [7, 11) is 0. The van der Waals surface area contributed by atoms with Gasteiger partial charge in [0.25, 0.3) is 0 Å². The summed E-state index contributed by atoms with van der Waals surface area (Å²) in [4.78, 5) is 7.18. The van der Waals surface area contributed by atoms with E-state index in [0.29, 0.717) is 6.54 Å². The van der Waals surface area contributed by atoms with Crippen LogP contribution in [-0.4, -0.2) is 10.5 Å². The highest BCUT2D eigenvalue weighted by Gasteiger charge is 2.16. The van der Waals surface area contributed by atoms with Crippen LogP contribution in [0.15, 0.2) is 16.7 Å². The molecule has 1 N–H and O–H groups in total. The molecule has 0 saturated heterocycles. The van der Waals surface area contributed by atoms with E-state index >= 15 is 0 Å². The molecule has 3 nitrogen and oxygen atoms in total. The van der Waals surface area contributed by atoms with Gasteiger partial charge in [-0.2, -0.15) is 0 Å². The van der Waals surface area contributed by atoms with E-state index in [9.17, 15) is 0 Å². The Kier molecular flexibility index (Phi) is 4.18. The van der Waals surface area contributed by atoms with E-state index in [1.807, 2.05) is 17.5 Å². The second kappa shape index (κ2) is 5.93. The maximum absolute atomic E-state index is 5.91. The van der Waals surface area contributed by atoms with Crippen LogP contribution < -0.4 is 5.32 Å². The summed E-state index contributed by atoms with van der Waals surface area (Å²) in [6, 6.07) is 2.31. The van der Waals surface area contributed by atoms with Crippen LogP contribution >= 0.6 is 11.3 Å². The maximum Gasteiger partial charge on any atom is 0.208 e. The summed E-state index contributed by atoms with van der Waals surface area (Å²) < 4.78 is 5.91. The molecular formula is C17H24N2OS. The summed E-state index contributed by atoms with van der Waals surface area (Å²) in [5.74, 6) is 1.68. The van der Waals surface area contributed by atoms with E-state index in [2.05, 4.69) is 37.1 Å². The minimum Gasteiger partial charge on any atom is -0.438 e. The van der Waals surface area contributed by atoms with Crippen LogP contribution in [0, 0.1) is 0 Å². The first-order valence-corrected chi connectivity index (χ1v) is 8.65. The first-order valence-electron chi connectivity index (χ1n) is 7.83. The third-order valence-corrected chi connectivity index (χ3v) is 5.06. The van der Waals surface area contributed by atoms with Gasteiger partial charge in [-0.05, 0) is 58.1 Å². The van der Waals surface area contributed by atoms with Crippen LogP contribution in [0.4, 0.5) is 0 Å². The van der Waals surface area contributed by atoms with Crippen LogP contribution in [-0.2, 0) is 19.4 Å². The van der Waals surface area contributed by atoms with Gasteiger partial charge in [0.1, 0.15) is 0 Å². The fourth-order valence-corrected chi connectivity index (χ4v) is 3.84. The van der Waals surface area contributed by atoms with Gasteiger partial charge in [0.15, 0.2) is 5.76 Å². The van der Waals surface area contributed by atoms with E-state index in [1.165, 1.54) is 42.5 Å². The van der Waals surface area contributed by atoms with Crippen molar-refractivity contribution in [3.63, 3.8) is 0 Å². The molecule has 2 heterocycles. The average Bonchev–Trinajstić information content (AvgIpc) is 2.98. The maximum atomic E-state index is 5.91. The number of hydrogen-bond donors (Lipinski definition) is 1. The lowest BCUT2D eigenvalue weighted by atomic mass is 10.1. The van der Waals surface area contributed by atoms with Gasteiger partial charge in [-0.25, -0.2) is 4.98 Å². The summed E-state index contributed by atoms with van der Waals surface area (Å²) in [6.07, 6.45) is 8.32. The Hall–Kier alpha value is -1.13. The van der Waals surface area contributed by atoms with Crippen molar-refractivity contribution >= 4 is 11.3 Å². The van der Waals surface area contributed by atoms with Crippen LogP contribution in [0.2, 0.25) is 0 Å². The average molecular weight is 304 g/mol. The molecule has 3 rings (SSSR count). The Balaban J connectivity index is 1.74. The normalized spacial score (nSPS) is 15.8. The number of thiophene rings is 1. The van der Waals surface area contributed by atoms with Crippen molar-refractivity contribution in [3.05, 3.63) is 28.6 Å². The largest absolute Gasteiger partial charge is 0.438 e. The summed E-state index contributed by atoms with van der Waals surface area (Å²) in [6.45, 7) is 7.11. The third-order valence-electron chi connectivity index (χ3n) is 3.81. The number of fused-ring (bicyclic) bond motifs is 1. The molecule has 0 radical (unpaired) electrons. The topological polar surface area (TPSA) is 38.1 Å². The smallest absolute Gasteiger partial charge is 0.208 e. The SMILES string of the molecule is CC(C)(C)NCc1ncc(-c2cc3c(s2)CCCCC3)o1. The molecule has 1 aliphatic rings. The number of aromatic nitrogens is 1. The first kappa shape index (κ1) is 14.8. The lowest BCUT2D eigenvalue weighted by Gasteiger charge is -2.18. The predicted octanol–water partition coefficient (Wildman–Crippen LogP) is 4.56. The molecule has 0 aliphatic heterocycles. The lowest BCUT2D eigenvalue weighted by molar-refractivity contribution is 0.384. The number of nitrogens with zero attached hydrogens (tertiary/aromatic N) is 1. The molecule has 0 atom stereocenters. The van der Waals surface area contributed by atoms with Crippen LogP contribution in [0.25, 0.3) is 10.6 Å². The molecule has 21 heavy (non-hydrogen) atoms. The van der Waals surface area contributed by atoms with Crippen molar-refractivity contribution in [1.29, 1.82) is 0 Å². The molecule has 0 fully saturated rings. The summed E-state index contributed by atoms with van der Waals surface area (Å²) in [5.41, 5.74) is 1.60. The van der Waals surface area contributed by atoms with Gasteiger partial charge in [-0.3, -0.25) is 0 Å². The van der Waals surface area contributed by atoms with Crippen molar-refractivity contribution in [2.45, 2.75) is 65.0 Å². The highest BCUT2D eigenvalue weighted by Crippen LogP contribution is 2.35. The van der Waals surface area contributed by atoms with Gasteiger partial charge >= 0.3 is 0 Å². The van der Waals surface area contributed by atoms with Gasteiger partial charge in [-0.15, -0.1) is 11.3 Å². The zero-order valence-corrected chi connectivity index (χ0v) is 14.0. The molecule has 114 valence electrons. The van der Waals surface area contributed by atoms with Gasteiger partial charge < -0.3 is 9.73 Å². The van der Waals surface area contributed by atoms with Crippen LogP contribution in [0.1, 0.15) is 56.4 Å². The number of oxazole rings is 1. The Labute approximate surface area is 130 Å². The molecule has 0 saturated carbocycles. The Morgan fingerprint density at radius 2 is 2.05 bits per heavy atom. The van der Waals surface area contributed by atoms with Crippen molar-refractivity contribution in [2.24, 2.45) is 0 Å². The number of rotatable bonds is 3. The molecule has 0 spiro atoms. The van der Waals surface area contributed by atoms with E-state index in [1.54, 1.807) is 4.88 Å². The molecule has 1 aliphatic carbocycles. The van der Waals surface area contributed by atoms with Crippen LogP contribution in [0.3, 0.4) is 0 Å². The third kappa shape index (κ3) is 3.74. The monoisotopic (exact) mass is 304 g/mol. The Morgan fingerprint density at radius 1 is 1.24 bits per heavy atom. The second-order valence-corrected chi connectivity index (χ2v) is 7.98. The Morgan fingerprint density at radius 3 is 2.86 bits per heavy atom. The van der Waals surface area contributed by atoms with Crippen LogP contribution in [0.5, 0.6) is 0 Å². The Bertz CT molecular complexity index is 583. The highest BCUT2D eigenvalue weighted by molar-refractivity contribution is 7.15. The van der Waals surface area contributed by atoms with Gasteiger partial charge in [0, 0.05) is 10.4 Å². The predicted molar refractivity (Wildman–Crippen MR) is 87.7 cm³/mol. The number of hydrogen-bond acceptors (Lipinski definition) is 4. The summed E-state index contributed by atoms with van der Waals surface area (Å²) >= 11 is 1.88. The zero-order chi connectivity index (χ0) is 14.9. The van der Waals surface area contributed by atoms with Gasteiger partial charge in [-0.1, -0.05) is 6.42 Å². The van der Waals surface area contributed by atoms with Crippen molar-refractivity contribution < 1.29 is 4.42 Å². The van der Waals surface area contributed by atoms with E-state index in [4.69, 9.17) is 4.42 Å². The van der Waals surface area contributed by atoms with E-state index < -0.39 is 0 Å².